The Bertz CT molecular complexity index is 892. The maximum atomic E-state index is 5.73. The fraction of sp³-hybridized carbons (Fsp3) is 0. The van der Waals surface area contributed by atoms with E-state index < -0.39 is 0 Å². The Morgan fingerprint density at radius 1 is 1.21 bits per heavy atom. The maximum Gasteiger partial charge on any atom is 0.231 e. The number of benzene rings is 1. The van der Waals surface area contributed by atoms with Crippen LogP contribution < -0.4 is 5.73 Å². The third-order valence-corrected chi connectivity index (χ3v) is 2.97. The number of anilines is 1. The van der Waals surface area contributed by atoms with Crippen molar-refractivity contribution in [2.45, 2.75) is 0 Å². The van der Waals surface area contributed by atoms with E-state index in [0.29, 0.717) is 17.2 Å². The first-order chi connectivity index (χ1) is 9.31. The number of nitrogens with zero attached hydrogens (tertiary/aromatic N) is 4. The molecule has 6 nitrogen and oxygen atoms in total. The minimum Gasteiger partial charge on any atom is -0.436 e. The van der Waals surface area contributed by atoms with Crippen LogP contribution in [0, 0.1) is 0 Å². The molecule has 92 valence electrons. The molecule has 4 rings (SSSR count). The van der Waals surface area contributed by atoms with Crippen molar-refractivity contribution in [3.63, 3.8) is 0 Å². The molecule has 0 unspecified atom stereocenters. The van der Waals surface area contributed by atoms with Crippen LogP contribution in [0.1, 0.15) is 0 Å². The van der Waals surface area contributed by atoms with Crippen LogP contribution in [0.15, 0.2) is 47.4 Å². The second kappa shape index (κ2) is 3.55. The van der Waals surface area contributed by atoms with E-state index in [1.165, 1.54) is 0 Å². The monoisotopic (exact) mass is 251 g/mol. The Morgan fingerprint density at radius 3 is 3.11 bits per heavy atom. The van der Waals surface area contributed by atoms with Crippen LogP contribution in [0.25, 0.3) is 28.1 Å². The van der Waals surface area contributed by atoms with Crippen LogP contribution in [0.2, 0.25) is 0 Å². The molecule has 0 aliphatic heterocycles. The molecule has 3 aromatic heterocycles. The molecule has 0 atom stereocenters. The molecule has 0 aliphatic rings. The Labute approximate surface area is 107 Å². The van der Waals surface area contributed by atoms with Gasteiger partial charge >= 0.3 is 0 Å². The van der Waals surface area contributed by atoms with Crippen LogP contribution in [0.4, 0.5) is 5.69 Å². The quantitative estimate of drug-likeness (QED) is 0.524. The molecule has 0 aliphatic carbocycles. The average molecular weight is 251 g/mol. The molecule has 0 radical (unpaired) electrons. The molecule has 0 spiro atoms. The number of rotatable bonds is 1. The Kier molecular flexibility index (Phi) is 1.88. The van der Waals surface area contributed by atoms with Gasteiger partial charge < -0.3 is 10.2 Å². The summed E-state index contributed by atoms with van der Waals surface area (Å²) < 4.78 is 7.46. The topological polar surface area (TPSA) is 82.2 Å². The van der Waals surface area contributed by atoms with E-state index in [1.807, 2.05) is 6.07 Å². The van der Waals surface area contributed by atoms with Gasteiger partial charge in [-0.2, -0.15) is 5.10 Å². The van der Waals surface area contributed by atoms with Gasteiger partial charge in [0.15, 0.2) is 5.58 Å². The molecule has 2 N–H and O–H groups in total. The van der Waals surface area contributed by atoms with Crippen molar-refractivity contribution in [1.29, 1.82) is 0 Å². The van der Waals surface area contributed by atoms with E-state index in [-0.39, 0.29) is 0 Å². The lowest BCUT2D eigenvalue weighted by atomic mass is 10.3. The van der Waals surface area contributed by atoms with E-state index in [4.69, 9.17) is 10.2 Å². The van der Waals surface area contributed by atoms with E-state index in [0.717, 1.165) is 16.6 Å². The largest absolute Gasteiger partial charge is 0.436 e. The van der Waals surface area contributed by atoms with Crippen LogP contribution in [0.5, 0.6) is 0 Å². The molecule has 0 saturated carbocycles. The number of oxazole rings is 1. The van der Waals surface area contributed by atoms with Crippen molar-refractivity contribution in [2.75, 3.05) is 5.73 Å². The van der Waals surface area contributed by atoms with Crippen molar-refractivity contribution in [1.82, 2.24) is 19.6 Å². The SMILES string of the molecule is Nc1ccc2oc(-c3cnn4ccncc34)nc2c1. The summed E-state index contributed by atoms with van der Waals surface area (Å²) in [4.78, 5) is 8.53. The van der Waals surface area contributed by atoms with E-state index >= 15 is 0 Å². The Morgan fingerprint density at radius 2 is 2.16 bits per heavy atom. The molecule has 0 amide bonds. The molecular formula is C13H9N5O. The van der Waals surface area contributed by atoms with Crippen molar-refractivity contribution < 1.29 is 4.42 Å². The Hall–Kier alpha value is -2.89. The molecule has 4 aromatic rings. The van der Waals surface area contributed by atoms with Crippen LogP contribution in [0.3, 0.4) is 0 Å². The first-order valence-electron chi connectivity index (χ1n) is 5.75. The third kappa shape index (κ3) is 1.46. The van der Waals surface area contributed by atoms with Gasteiger partial charge in [0.25, 0.3) is 0 Å². The van der Waals surface area contributed by atoms with Crippen molar-refractivity contribution in [3.8, 4) is 11.5 Å². The van der Waals surface area contributed by atoms with E-state index in [1.54, 1.807) is 41.4 Å². The zero-order valence-electron chi connectivity index (χ0n) is 9.82. The highest BCUT2D eigenvalue weighted by Crippen LogP contribution is 2.27. The average Bonchev–Trinajstić information content (AvgIpc) is 3.00. The highest BCUT2D eigenvalue weighted by atomic mass is 16.3. The molecule has 19 heavy (non-hydrogen) atoms. The number of nitrogens with two attached hydrogens (primary N) is 1. The first kappa shape index (κ1) is 10.1. The zero-order valence-corrected chi connectivity index (χ0v) is 9.82. The fourth-order valence-corrected chi connectivity index (χ4v) is 2.06. The minimum atomic E-state index is 0.517. The summed E-state index contributed by atoms with van der Waals surface area (Å²) in [5.74, 6) is 0.517. The van der Waals surface area contributed by atoms with Gasteiger partial charge in [-0.3, -0.25) is 4.98 Å². The molecule has 1 aromatic carbocycles. The normalized spacial score (nSPS) is 11.4. The molecule has 6 heteroatoms. The second-order valence-electron chi connectivity index (χ2n) is 4.21. The van der Waals surface area contributed by atoms with E-state index in [2.05, 4.69) is 15.1 Å². The van der Waals surface area contributed by atoms with Crippen LogP contribution in [-0.4, -0.2) is 19.6 Å². The second-order valence-corrected chi connectivity index (χ2v) is 4.21. The van der Waals surface area contributed by atoms with Gasteiger partial charge in [-0.1, -0.05) is 0 Å². The molecule has 0 fully saturated rings. The third-order valence-electron chi connectivity index (χ3n) is 2.97. The van der Waals surface area contributed by atoms with Gasteiger partial charge in [-0.05, 0) is 18.2 Å². The summed E-state index contributed by atoms with van der Waals surface area (Å²) in [7, 11) is 0. The minimum absolute atomic E-state index is 0.517. The van der Waals surface area contributed by atoms with E-state index in [9.17, 15) is 0 Å². The summed E-state index contributed by atoms with van der Waals surface area (Å²) in [6.45, 7) is 0. The van der Waals surface area contributed by atoms with Crippen molar-refractivity contribution >= 4 is 22.3 Å². The van der Waals surface area contributed by atoms with Crippen molar-refractivity contribution in [3.05, 3.63) is 43.0 Å². The number of aromatic nitrogens is 4. The van der Waals surface area contributed by atoms with Crippen LogP contribution >= 0.6 is 0 Å². The van der Waals surface area contributed by atoms with Gasteiger partial charge in [0.2, 0.25) is 5.89 Å². The summed E-state index contributed by atoms with van der Waals surface area (Å²) in [6, 6.07) is 5.38. The lowest BCUT2D eigenvalue weighted by Gasteiger charge is -1.92. The summed E-state index contributed by atoms with van der Waals surface area (Å²) in [5.41, 5.74) is 9.49. The Balaban J connectivity index is 1.99. The summed E-state index contributed by atoms with van der Waals surface area (Å²) in [5, 5.41) is 4.23. The molecular weight excluding hydrogens is 242 g/mol. The van der Waals surface area contributed by atoms with Gasteiger partial charge in [-0.15, -0.1) is 0 Å². The van der Waals surface area contributed by atoms with Gasteiger partial charge in [0, 0.05) is 18.1 Å². The molecule has 3 heterocycles. The zero-order chi connectivity index (χ0) is 12.8. The number of hydrogen-bond donors (Lipinski definition) is 1. The first-order valence-corrected chi connectivity index (χ1v) is 5.75. The maximum absolute atomic E-state index is 5.73. The summed E-state index contributed by atoms with van der Waals surface area (Å²) >= 11 is 0. The summed E-state index contributed by atoms with van der Waals surface area (Å²) in [6.07, 6.45) is 6.90. The molecule has 0 bridgehead atoms. The fourth-order valence-electron chi connectivity index (χ4n) is 2.06. The predicted octanol–water partition coefficient (Wildman–Crippen LogP) is 2.12. The molecule has 0 saturated heterocycles. The number of fused-ring (bicyclic) bond motifs is 2. The smallest absolute Gasteiger partial charge is 0.231 e. The standard InChI is InChI=1S/C13H9N5O/c14-8-1-2-12-10(5-8)17-13(19-12)9-6-16-18-4-3-15-7-11(9)18/h1-7H,14H2. The highest BCUT2D eigenvalue weighted by Gasteiger charge is 2.13. The lowest BCUT2D eigenvalue weighted by Crippen LogP contribution is -1.86. The van der Waals surface area contributed by atoms with Gasteiger partial charge in [-0.25, -0.2) is 9.50 Å². The highest BCUT2D eigenvalue weighted by molar-refractivity contribution is 5.82. The number of hydrogen-bond acceptors (Lipinski definition) is 5. The lowest BCUT2D eigenvalue weighted by molar-refractivity contribution is 0.620. The van der Waals surface area contributed by atoms with Crippen molar-refractivity contribution in [2.24, 2.45) is 0 Å². The number of nitrogen functional groups attached to an aromatic ring is 1. The van der Waals surface area contributed by atoms with Crippen LogP contribution in [-0.2, 0) is 0 Å². The van der Waals surface area contributed by atoms with Gasteiger partial charge in [0.05, 0.1) is 23.5 Å². The predicted molar refractivity (Wildman–Crippen MR) is 70.4 cm³/mol. The van der Waals surface area contributed by atoms with Gasteiger partial charge in [0.1, 0.15) is 5.52 Å².